The van der Waals surface area contributed by atoms with Gasteiger partial charge in [-0.05, 0) is 39.5 Å². The minimum Gasteiger partial charge on any atom is -0.338 e. The first-order valence-electron chi connectivity index (χ1n) is 8.41. The maximum atomic E-state index is 12.5. The molecule has 21 heavy (non-hydrogen) atoms. The van der Waals surface area contributed by atoms with Crippen molar-refractivity contribution in [2.24, 2.45) is 11.7 Å². The molecule has 0 unspecified atom stereocenters. The lowest BCUT2D eigenvalue weighted by Crippen LogP contribution is -2.65. The molecule has 1 heterocycles. The van der Waals surface area contributed by atoms with Crippen molar-refractivity contribution >= 4 is 5.91 Å². The predicted molar refractivity (Wildman–Crippen MR) is 89.2 cm³/mol. The Morgan fingerprint density at radius 2 is 1.71 bits per heavy atom. The third kappa shape index (κ3) is 3.98. The highest BCUT2D eigenvalue weighted by molar-refractivity contribution is 5.85. The Labute approximate surface area is 131 Å². The minimum atomic E-state index is -0.775. The molecule has 0 bridgehead atoms. The molecule has 1 amide bonds. The van der Waals surface area contributed by atoms with E-state index in [1.807, 2.05) is 4.90 Å². The zero-order valence-electron chi connectivity index (χ0n) is 15.1. The standard InChI is InChI=1S/C17H35N3O/c1-8-17(7,9-2)20-11-10-19(12-14(20)13(3)4)15(21)16(5,6)18/h13-14H,8-12,18H2,1-7H3/t14-/m0/s1. The van der Waals surface area contributed by atoms with Gasteiger partial charge in [-0.1, -0.05) is 27.7 Å². The average Bonchev–Trinajstić information content (AvgIpc) is 2.44. The molecule has 1 aliphatic heterocycles. The number of nitrogens with two attached hydrogens (primary N) is 1. The maximum Gasteiger partial charge on any atom is 0.242 e. The Hall–Kier alpha value is -0.610. The zero-order valence-corrected chi connectivity index (χ0v) is 15.1. The lowest BCUT2D eigenvalue weighted by molar-refractivity contribution is -0.141. The van der Waals surface area contributed by atoms with Crippen LogP contribution in [0.1, 0.15) is 61.3 Å². The SMILES string of the molecule is CCC(C)(CC)N1CCN(C(=O)C(C)(C)N)C[C@H]1C(C)C. The van der Waals surface area contributed by atoms with Crippen molar-refractivity contribution in [2.45, 2.75) is 78.4 Å². The van der Waals surface area contributed by atoms with Crippen molar-refractivity contribution in [3.05, 3.63) is 0 Å². The molecule has 0 aromatic rings. The van der Waals surface area contributed by atoms with Crippen molar-refractivity contribution in [3.8, 4) is 0 Å². The van der Waals surface area contributed by atoms with E-state index in [1.165, 1.54) is 0 Å². The normalized spacial score (nSPS) is 22.0. The van der Waals surface area contributed by atoms with Gasteiger partial charge in [0.25, 0.3) is 0 Å². The molecule has 2 N–H and O–H groups in total. The lowest BCUT2D eigenvalue weighted by Gasteiger charge is -2.52. The van der Waals surface area contributed by atoms with Crippen LogP contribution in [0.25, 0.3) is 0 Å². The number of rotatable bonds is 5. The first kappa shape index (κ1) is 18.4. The Kier molecular flexibility index (Phi) is 5.84. The summed E-state index contributed by atoms with van der Waals surface area (Å²) in [6.45, 7) is 17.5. The molecular formula is C17H35N3O. The fourth-order valence-corrected chi connectivity index (χ4v) is 3.30. The van der Waals surface area contributed by atoms with Crippen molar-refractivity contribution in [1.82, 2.24) is 9.80 Å². The summed E-state index contributed by atoms with van der Waals surface area (Å²) < 4.78 is 0. The van der Waals surface area contributed by atoms with Gasteiger partial charge >= 0.3 is 0 Å². The van der Waals surface area contributed by atoms with E-state index in [-0.39, 0.29) is 11.4 Å². The van der Waals surface area contributed by atoms with Gasteiger partial charge in [0.2, 0.25) is 5.91 Å². The number of amides is 1. The molecule has 0 radical (unpaired) electrons. The van der Waals surface area contributed by atoms with Crippen LogP contribution in [0.2, 0.25) is 0 Å². The van der Waals surface area contributed by atoms with E-state index in [2.05, 4.69) is 39.5 Å². The molecule has 0 aliphatic carbocycles. The predicted octanol–water partition coefficient (Wildman–Crippen LogP) is 2.47. The van der Waals surface area contributed by atoms with Crippen LogP contribution in [0, 0.1) is 5.92 Å². The first-order valence-corrected chi connectivity index (χ1v) is 8.41. The van der Waals surface area contributed by atoms with Crippen molar-refractivity contribution < 1.29 is 4.79 Å². The molecule has 4 nitrogen and oxygen atoms in total. The monoisotopic (exact) mass is 297 g/mol. The van der Waals surface area contributed by atoms with E-state index in [0.717, 1.165) is 32.5 Å². The quantitative estimate of drug-likeness (QED) is 0.848. The Morgan fingerprint density at radius 1 is 1.19 bits per heavy atom. The van der Waals surface area contributed by atoms with Gasteiger partial charge in [-0.2, -0.15) is 0 Å². The summed E-state index contributed by atoms with van der Waals surface area (Å²) in [5, 5.41) is 0. The highest BCUT2D eigenvalue weighted by Crippen LogP contribution is 2.31. The van der Waals surface area contributed by atoms with Gasteiger partial charge in [-0.25, -0.2) is 0 Å². The number of nitrogens with zero attached hydrogens (tertiary/aromatic N) is 2. The van der Waals surface area contributed by atoms with Gasteiger partial charge in [-0.3, -0.25) is 9.69 Å². The molecule has 0 saturated carbocycles. The first-order chi connectivity index (χ1) is 9.56. The summed E-state index contributed by atoms with van der Waals surface area (Å²) in [5.41, 5.74) is 5.45. The van der Waals surface area contributed by atoms with E-state index < -0.39 is 5.54 Å². The fraction of sp³-hybridized carbons (Fsp3) is 0.941. The van der Waals surface area contributed by atoms with E-state index in [0.29, 0.717) is 12.0 Å². The maximum absolute atomic E-state index is 12.5. The summed E-state index contributed by atoms with van der Waals surface area (Å²) >= 11 is 0. The summed E-state index contributed by atoms with van der Waals surface area (Å²) in [5.74, 6) is 0.599. The largest absolute Gasteiger partial charge is 0.338 e. The summed E-state index contributed by atoms with van der Waals surface area (Å²) in [4.78, 5) is 17.1. The lowest BCUT2D eigenvalue weighted by atomic mass is 9.86. The fourth-order valence-electron chi connectivity index (χ4n) is 3.30. The van der Waals surface area contributed by atoms with Crippen LogP contribution < -0.4 is 5.73 Å². The summed E-state index contributed by atoms with van der Waals surface area (Å²) in [6.07, 6.45) is 2.28. The van der Waals surface area contributed by atoms with E-state index >= 15 is 0 Å². The van der Waals surface area contributed by atoms with E-state index in [1.54, 1.807) is 13.8 Å². The van der Waals surface area contributed by atoms with Crippen LogP contribution in [0.15, 0.2) is 0 Å². The van der Waals surface area contributed by atoms with Gasteiger partial charge in [0.1, 0.15) is 0 Å². The zero-order chi connectivity index (χ0) is 16.4. The third-order valence-corrected chi connectivity index (χ3v) is 5.24. The molecule has 0 aromatic carbocycles. The van der Waals surface area contributed by atoms with Crippen molar-refractivity contribution in [3.63, 3.8) is 0 Å². The van der Waals surface area contributed by atoms with Gasteiger partial charge in [0.15, 0.2) is 0 Å². The minimum absolute atomic E-state index is 0.0718. The molecule has 0 aromatic heterocycles. The third-order valence-electron chi connectivity index (χ3n) is 5.24. The average molecular weight is 297 g/mol. The second kappa shape index (κ2) is 6.66. The van der Waals surface area contributed by atoms with Crippen LogP contribution in [0.4, 0.5) is 0 Å². The second-order valence-corrected chi connectivity index (χ2v) is 7.68. The molecule has 1 saturated heterocycles. The van der Waals surface area contributed by atoms with Crippen LogP contribution >= 0.6 is 0 Å². The Morgan fingerprint density at radius 3 is 2.10 bits per heavy atom. The van der Waals surface area contributed by atoms with Gasteiger partial charge in [0, 0.05) is 31.2 Å². The van der Waals surface area contributed by atoms with Crippen LogP contribution in [0.5, 0.6) is 0 Å². The van der Waals surface area contributed by atoms with E-state index in [4.69, 9.17) is 5.73 Å². The smallest absolute Gasteiger partial charge is 0.242 e. The van der Waals surface area contributed by atoms with Crippen molar-refractivity contribution in [2.75, 3.05) is 19.6 Å². The molecule has 1 atom stereocenters. The van der Waals surface area contributed by atoms with Gasteiger partial charge < -0.3 is 10.6 Å². The second-order valence-electron chi connectivity index (χ2n) is 7.68. The molecule has 0 spiro atoms. The van der Waals surface area contributed by atoms with Crippen LogP contribution in [-0.4, -0.2) is 52.5 Å². The van der Waals surface area contributed by atoms with Crippen LogP contribution in [0.3, 0.4) is 0 Å². The highest BCUT2D eigenvalue weighted by Gasteiger charge is 2.41. The van der Waals surface area contributed by atoms with Gasteiger partial charge in [-0.15, -0.1) is 0 Å². The number of hydrogen-bond acceptors (Lipinski definition) is 3. The van der Waals surface area contributed by atoms with Crippen molar-refractivity contribution in [1.29, 1.82) is 0 Å². The van der Waals surface area contributed by atoms with Gasteiger partial charge in [0.05, 0.1) is 5.54 Å². The molecule has 1 aliphatic rings. The molecule has 1 rings (SSSR count). The number of hydrogen-bond donors (Lipinski definition) is 1. The number of carbonyl (C=O) groups is 1. The topological polar surface area (TPSA) is 49.6 Å². The molecule has 124 valence electrons. The Balaban J connectivity index is 2.94. The summed E-state index contributed by atoms with van der Waals surface area (Å²) in [7, 11) is 0. The Bertz CT molecular complexity index is 356. The highest BCUT2D eigenvalue weighted by atomic mass is 16.2. The molecule has 1 fully saturated rings. The van der Waals surface area contributed by atoms with Crippen LogP contribution in [-0.2, 0) is 4.79 Å². The number of carbonyl (C=O) groups excluding carboxylic acids is 1. The molecular weight excluding hydrogens is 262 g/mol. The summed E-state index contributed by atoms with van der Waals surface area (Å²) in [6, 6.07) is 0.412. The van der Waals surface area contributed by atoms with E-state index in [9.17, 15) is 4.79 Å². The molecule has 4 heteroatoms. The number of piperazine rings is 1.